The van der Waals surface area contributed by atoms with Crippen molar-refractivity contribution in [2.24, 2.45) is 5.73 Å². The summed E-state index contributed by atoms with van der Waals surface area (Å²) in [5.41, 5.74) is 5.87. The number of methoxy groups -OCH3 is 1. The Bertz CT molecular complexity index is 428. The molecule has 1 unspecified atom stereocenters. The van der Waals surface area contributed by atoms with Crippen LogP contribution < -0.4 is 5.73 Å². The minimum absolute atomic E-state index is 0.141. The molecule has 2 nitrogen and oxygen atoms in total. The number of halogens is 2. The molecule has 0 aliphatic heterocycles. The van der Waals surface area contributed by atoms with E-state index in [2.05, 4.69) is 0 Å². The van der Waals surface area contributed by atoms with Crippen LogP contribution in [-0.4, -0.2) is 13.2 Å². The highest BCUT2D eigenvalue weighted by atomic mass is 19.1. The number of benzene rings is 1. The Balaban J connectivity index is 2.49. The van der Waals surface area contributed by atoms with Gasteiger partial charge in [-0.2, -0.15) is 0 Å². The molecule has 0 bridgehead atoms. The van der Waals surface area contributed by atoms with Gasteiger partial charge in [-0.05, 0) is 25.8 Å². The molecule has 1 aromatic rings. The van der Waals surface area contributed by atoms with Crippen molar-refractivity contribution in [3.63, 3.8) is 0 Å². The number of rotatable bonds is 4. The van der Waals surface area contributed by atoms with Crippen LogP contribution in [0.5, 0.6) is 0 Å². The SMILES string of the molecule is COCc1ccc(F)c(C2(C(C)N)CC2)c1F. The summed E-state index contributed by atoms with van der Waals surface area (Å²) >= 11 is 0. The maximum absolute atomic E-state index is 14.2. The summed E-state index contributed by atoms with van der Waals surface area (Å²) in [6, 6.07) is 2.48. The van der Waals surface area contributed by atoms with Crippen molar-refractivity contribution < 1.29 is 13.5 Å². The normalized spacial score (nSPS) is 19.1. The highest BCUT2D eigenvalue weighted by Crippen LogP contribution is 2.52. The van der Waals surface area contributed by atoms with E-state index in [1.807, 2.05) is 0 Å². The first kappa shape index (κ1) is 12.5. The summed E-state index contributed by atoms with van der Waals surface area (Å²) in [5.74, 6) is -1.00. The number of ether oxygens (including phenoxy) is 1. The monoisotopic (exact) mass is 241 g/mol. The zero-order valence-corrected chi connectivity index (χ0v) is 10.1. The largest absolute Gasteiger partial charge is 0.380 e. The summed E-state index contributed by atoms with van der Waals surface area (Å²) in [7, 11) is 1.49. The highest BCUT2D eigenvalue weighted by Gasteiger charge is 2.51. The van der Waals surface area contributed by atoms with Gasteiger partial charge in [-0.25, -0.2) is 8.78 Å². The maximum Gasteiger partial charge on any atom is 0.135 e. The van der Waals surface area contributed by atoms with Gasteiger partial charge < -0.3 is 10.5 Å². The Morgan fingerprint density at radius 1 is 1.41 bits per heavy atom. The van der Waals surface area contributed by atoms with Crippen LogP contribution in [0.4, 0.5) is 8.78 Å². The van der Waals surface area contributed by atoms with Crippen LogP contribution in [0.2, 0.25) is 0 Å². The van der Waals surface area contributed by atoms with Crippen LogP contribution in [0.3, 0.4) is 0 Å². The van der Waals surface area contributed by atoms with E-state index in [0.717, 1.165) is 12.8 Å². The zero-order valence-electron chi connectivity index (χ0n) is 10.1. The van der Waals surface area contributed by atoms with Crippen molar-refractivity contribution in [3.8, 4) is 0 Å². The second-order valence-corrected chi connectivity index (χ2v) is 4.77. The van der Waals surface area contributed by atoms with E-state index in [4.69, 9.17) is 10.5 Å². The maximum atomic E-state index is 14.2. The lowest BCUT2D eigenvalue weighted by Crippen LogP contribution is -2.33. The number of hydrogen-bond donors (Lipinski definition) is 1. The Labute approximate surface area is 99.8 Å². The van der Waals surface area contributed by atoms with Crippen molar-refractivity contribution in [1.82, 2.24) is 0 Å². The van der Waals surface area contributed by atoms with E-state index in [-0.39, 0.29) is 18.2 Å². The van der Waals surface area contributed by atoms with Crippen molar-refractivity contribution in [2.45, 2.75) is 37.8 Å². The van der Waals surface area contributed by atoms with E-state index < -0.39 is 17.0 Å². The molecule has 0 amide bonds. The van der Waals surface area contributed by atoms with E-state index >= 15 is 0 Å². The first-order valence-electron chi connectivity index (χ1n) is 5.75. The fourth-order valence-electron chi connectivity index (χ4n) is 2.39. The Morgan fingerprint density at radius 3 is 2.53 bits per heavy atom. The van der Waals surface area contributed by atoms with Crippen molar-refractivity contribution in [2.75, 3.05) is 7.11 Å². The quantitative estimate of drug-likeness (QED) is 0.879. The van der Waals surface area contributed by atoms with Crippen LogP contribution in [0.25, 0.3) is 0 Å². The lowest BCUT2D eigenvalue weighted by molar-refractivity contribution is 0.181. The molecule has 17 heavy (non-hydrogen) atoms. The summed E-state index contributed by atoms with van der Waals surface area (Å²) in [5, 5.41) is 0. The predicted molar refractivity (Wildman–Crippen MR) is 61.6 cm³/mol. The molecule has 1 aliphatic rings. The molecule has 0 heterocycles. The number of hydrogen-bond acceptors (Lipinski definition) is 2. The van der Waals surface area contributed by atoms with Gasteiger partial charge in [0.15, 0.2) is 0 Å². The molecular weight excluding hydrogens is 224 g/mol. The van der Waals surface area contributed by atoms with Gasteiger partial charge in [-0.1, -0.05) is 6.07 Å². The summed E-state index contributed by atoms with van der Waals surface area (Å²) in [4.78, 5) is 0. The predicted octanol–water partition coefficient (Wildman–Crippen LogP) is 2.49. The van der Waals surface area contributed by atoms with Crippen LogP contribution >= 0.6 is 0 Å². The van der Waals surface area contributed by atoms with E-state index in [1.54, 1.807) is 6.92 Å². The Hall–Kier alpha value is -1.00. The van der Waals surface area contributed by atoms with E-state index in [0.29, 0.717) is 5.56 Å². The van der Waals surface area contributed by atoms with Crippen LogP contribution in [-0.2, 0) is 16.8 Å². The molecular formula is C13H17F2NO. The van der Waals surface area contributed by atoms with Crippen molar-refractivity contribution in [3.05, 3.63) is 34.9 Å². The molecule has 1 atom stereocenters. The van der Waals surface area contributed by atoms with Crippen LogP contribution in [0.1, 0.15) is 30.9 Å². The molecule has 94 valence electrons. The van der Waals surface area contributed by atoms with E-state index in [1.165, 1.54) is 19.2 Å². The van der Waals surface area contributed by atoms with Gasteiger partial charge in [0, 0.05) is 29.7 Å². The molecule has 2 rings (SSSR count). The minimum Gasteiger partial charge on any atom is -0.380 e. The van der Waals surface area contributed by atoms with Crippen LogP contribution in [0.15, 0.2) is 12.1 Å². The lowest BCUT2D eigenvalue weighted by Gasteiger charge is -2.22. The molecule has 2 N–H and O–H groups in total. The van der Waals surface area contributed by atoms with Crippen LogP contribution in [0, 0.1) is 11.6 Å². The fraction of sp³-hybridized carbons (Fsp3) is 0.538. The summed E-state index contributed by atoms with van der Waals surface area (Å²) < 4.78 is 33.0. The molecule has 4 heteroatoms. The molecule has 0 aromatic heterocycles. The number of nitrogens with two attached hydrogens (primary N) is 1. The molecule has 0 spiro atoms. The van der Waals surface area contributed by atoms with Gasteiger partial charge in [0.25, 0.3) is 0 Å². The van der Waals surface area contributed by atoms with Gasteiger partial charge in [-0.15, -0.1) is 0 Å². The second kappa shape index (κ2) is 4.35. The first-order chi connectivity index (χ1) is 8.03. The van der Waals surface area contributed by atoms with Gasteiger partial charge in [0.05, 0.1) is 6.61 Å². The topological polar surface area (TPSA) is 35.2 Å². The second-order valence-electron chi connectivity index (χ2n) is 4.77. The van der Waals surface area contributed by atoms with Gasteiger partial charge in [0.1, 0.15) is 11.6 Å². The molecule has 0 saturated heterocycles. The zero-order chi connectivity index (χ0) is 12.6. The van der Waals surface area contributed by atoms with Gasteiger partial charge in [-0.3, -0.25) is 0 Å². The van der Waals surface area contributed by atoms with Gasteiger partial charge in [0.2, 0.25) is 0 Å². The molecule has 1 aromatic carbocycles. The van der Waals surface area contributed by atoms with E-state index in [9.17, 15) is 8.78 Å². The average molecular weight is 241 g/mol. The summed E-state index contributed by atoms with van der Waals surface area (Å²) in [6.45, 7) is 1.95. The van der Waals surface area contributed by atoms with Gasteiger partial charge >= 0.3 is 0 Å². The molecule has 1 aliphatic carbocycles. The van der Waals surface area contributed by atoms with Crippen molar-refractivity contribution in [1.29, 1.82) is 0 Å². The minimum atomic E-state index is -0.516. The third-order valence-corrected chi connectivity index (χ3v) is 3.63. The average Bonchev–Trinajstić information content (AvgIpc) is 3.04. The fourth-order valence-corrected chi connectivity index (χ4v) is 2.39. The third kappa shape index (κ3) is 1.96. The lowest BCUT2D eigenvalue weighted by atomic mass is 9.87. The highest BCUT2D eigenvalue weighted by molar-refractivity contribution is 5.39. The molecule has 1 saturated carbocycles. The molecule has 0 radical (unpaired) electrons. The van der Waals surface area contributed by atoms with Crippen molar-refractivity contribution >= 4 is 0 Å². The Kier molecular flexibility index (Phi) is 3.19. The smallest absolute Gasteiger partial charge is 0.135 e. The Morgan fingerprint density at radius 2 is 2.06 bits per heavy atom. The third-order valence-electron chi connectivity index (χ3n) is 3.63. The summed E-state index contributed by atoms with van der Waals surface area (Å²) in [6.07, 6.45) is 1.49. The standard InChI is InChI=1S/C13H17F2NO/c1-8(16)13(5-6-13)11-10(14)4-3-9(7-17-2)12(11)15/h3-4,8H,5-7,16H2,1-2H3. The first-order valence-corrected chi connectivity index (χ1v) is 5.75. The molecule has 1 fully saturated rings.